The molecule has 1 amide bonds. The Morgan fingerprint density at radius 1 is 1.04 bits per heavy atom. The number of carbonyl (C=O) groups is 1. The lowest BCUT2D eigenvalue weighted by atomic mass is 9.96. The molecule has 2 saturated heterocycles. The minimum Gasteiger partial charge on any atom is -0.369 e. The molecule has 2 rings (SSSR count). The van der Waals surface area contributed by atoms with Crippen LogP contribution in [-0.2, 0) is 4.79 Å². The second-order valence-electron chi connectivity index (χ2n) is 7.98. The summed E-state index contributed by atoms with van der Waals surface area (Å²) in [4.78, 5) is 20.6. The first kappa shape index (κ1) is 25.4. The Morgan fingerprint density at radius 3 is 2.21 bits per heavy atom. The van der Waals surface area contributed by atoms with Crippen molar-refractivity contribution in [1.82, 2.24) is 20.4 Å². The molecule has 0 spiro atoms. The molecule has 4 N–H and O–H groups in total. The van der Waals surface area contributed by atoms with Crippen LogP contribution in [0.15, 0.2) is 4.99 Å². The van der Waals surface area contributed by atoms with E-state index in [1.54, 1.807) is 0 Å². The van der Waals surface area contributed by atoms with Gasteiger partial charge in [-0.1, -0.05) is 6.92 Å². The Kier molecular flexibility index (Phi) is 13.1. The van der Waals surface area contributed by atoms with Gasteiger partial charge in [-0.3, -0.25) is 9.79 Å². The van der Waals surface area contributed by atoms with Crippen LogP contribution in [0.25, 0.3) is 0 Å². The van der Waals surface area contributed by atoms with E-state index in [1.807, 2.05) is 7.05 Å². The van der Waals surface area contributed by atoms with Crippen molar-refractivity contribution in [2.45, 2.75) is 57.9 Å². The first-order valence-electron chi connectivity index (χ1n) is 10.8. The van der Waals surface area contributed by atoms with E-state index in [-0.39, 0.29) is 35.8 Å². The van der Waals surface area contributed by atoms with Gasteiger partial charge in [0, 0.05) is 38.6 Å². The minimum atomic E-state index is -0.131. The number of primary amides is 1. The molecule has 0 aliphatic carbocycles. The highest BCUT2D eigenvalue weighted by Gasteiger charge is 2.22. The first-order valence-corrected chi connectivity index (χ1v) is 10.8. The number of nitrogens with one attached hydrogen (secondary N) is 2. The molecular formula is C20H41IN6O. The molecule has 7 nitrogen and oxygen atoms in total. The van der Waals surface area contributed by atoms with E-state index >= 15 is 0 Å². The summed E-state index contributed by atoms with van der Waals surface area (Å²) in [5.41, 5.74) is 5.40. The molecule has 164 valence electrons. The number of hydrogen-bond donors (Lipinski definition) is 3. The summed E-state index contributed by atoms with van der Waals surface area (Å²) in [6.07, 6.45) is 7.77. The predicted molar refractivity (Wildman–Crippen MR) is 127 cm³/mol. The van der Waals surface area contributed by atoms with Gasteiger partial charge >= 0.3 is 0 Å². The fraction of sp³-hybridized carbons (Fsp3) is 0.900. The van der Waals surface area contributed by atoms with Crippen LogP contribution >= 0.6 is 24.0 Å². The zero-order chi connectivity index (χ0) is 19.5. The maximum Gasteiger partial charge on any atom is 0.220 e. The van der Waals surface area contributed by atoms with Crippen LogP contribution in [0.3, 0.4) is 0 Å². The highest BCUT2D eigenvalue weighted by Crippen LogP contribution is 2.16. The number of rotatable bonds is 9. The third kappa shape index (κ3) is 9.26. The molecule has 2 heterocycles. The van der Waals surface area contributed by atoms with Crippen molar-refractivity contribution in [1.29, 1.82) is 0 Å². The second-order valence-corrected chi connectivity index (χ2v) is 7.98. The molecule has 28 heavy (non-hydrogen) atoms. The van der Waals surface area contributed by atoms with E-state index in [2.05, 4.69) is 32.3 Å². The third-order valence-electron chi connectivity index (χ3n) is 5.88. The number of piperidine rings is 2. The zero-order valence-electron chi connectivity index (χ0n) is 17.8. The molecule has 0 unspecified atom stereocenters. The number of nitrogens with zero attached hydrogens (tertiary/aromatic N) is 3. The van der Waals surface area contributed by atoms with E-state index in [0.717, 1.165) is 51.4 Å². The molecule has 2 aliphatic heterocycles. The molecular weight excluding hydrogens is 467 g/mol. The van der Waals surface area contributed by atoms with Crippen molar-refractivity contribution in [2.24, 2.45) is 16.6 Å². The third-order valence-corrected chi connectivity index (χ3v) is 5.88. The Bertz CT molecular complexity index is 460. The van der Waals surface area contributed by atoms with Gasteiger partial charge in [-0.15, -0.1) is 24.0 Å². The van der Waals surface area contributed by atoms with Crippen LogP contribution in [-0.4, -0.2) is 80.6 Å². The molecule has 0 radical (unpaired) electrons. The van der Waals surface area contributed by atoms with Crippen molar-refractivity contribution in [3.05, 3.63) is 0 Å². The first-order chi connectivity index (χ1) is 13.1. The Labute approximate surface area is 188 Å². The lowest BCUT2D eigenvalue weighted by Crippen LogP contribution is -2.48. The van der Waals surface area contributed by atoms with Gasteiger partial charge in [-0.05, 0) is 71.1 Å². The minimum absolute atomic E-state index is 0. The maximum absolute atomic E-state index is 11.2. The summed E-state index contributed by atoms with van der Waals surface area (Å²) >= 11 is 0. The molecule has 2 aliphatic rings. The number of amides is 1. The molecule has 0 saturated carbocycles. The average Bonchev–Trinajstić information content (AvgIpc) is 2.68. The van der Waals surface area contributed by atoms with Crippen molar-refractivity contribution in [3.63, 3.8) is 0 Å². The van der Waals surface area contributed by atoms with Crippen LogP contribution in [0.5, 0.6) is 0 Å². The van der Waals surface area contributed by atoms with Crippen LogP contribution in [0.1, 0.15) is 51.9 Å². The number of halogens is 1. The van der Waals surface area contributed by atoms with Gasteiger partial charge in [0.25, 0.3) is 0 Å². The molecule has 0 atom stereocenters. The van der Waals surface area contributed by atoms with Crippen molar-refractivity contribution >= 4 is 35.8 Å². The fourth-order valence-corrected chi connectivity index (χ4v) is 4.11. The predicted octanol–water partition coefficient (Wildman–Crippen LogP) is 1.62. The van der Waals surface area contributed by atoms with E-state index in [9.17, 15) is 4.79 Å². The quantitative estimate of drug-likeness (QED) is 0.191. The van der Waals surface area contributed by atoms with Crippen molar-refractivity contribution in [2.75, 3.05) is 52.9 Å². The number of likely N-dealkylation sites (tertiary alicyclic amines) is 2. The van der Waals surface area contributed by atoms with Gasteiger partial charge in [0.1, 0.15) is 0 Å². The summed E-state index contributed by atoms with van der Waals surface area (Å²) in [7, 11) is 1.85. The van der Waals surface area contributed by atoms with Crippen LogP contribution in [0, 0.1) is 5.92 Å². The number of nitrogens with two attached hydrogens (primary N) is 1. The number of carbonyl (C=O) groups excluding carboxylic acids is 1. The summed E-state index contributed by atoms with van der Waals surface area (Å²) in [5, 5.41) is 7.04. The normalized spacial score (nSPS) is 20.6. The standard InChI is InChI=1S/C20H40N6O.HI/c1-3-11-25-15-8-18(9-16-25)24-20(22-2)23-10-4-5-12-26-13-6-17(7-14-26)19(21)27;/h17-18H,3-16H2,1-2H3,(H2,21,27)(H2,22,23,24);1H. The average molecular weight is 508 g/mol. The molecule has 2 fully saturated rings. The number of aliphatic imine (C=N–C) groups is 1. The molecule has 8 heteroatoms. The summed E-state index contributed by atoms with van der Waals surface area (Å²) in [5.74, 6) is 0.895. The van der Waals surface area contributed by atoms with Crippen LogP contribution in [0.2, 0.25) is 0 Å². The zero-order valence-corrected chi connectivity index (χ0v) is 20.1. The monoisotopic (exact) mass is 508 g/mol. The molecule has 0 bridgehead atoms. The van der Waals surface area contributed by atoms with Gasteiger partial charge < -0.3 is 26.2 Å². The van der Waals surface area contributed by atoms with Crippen LogP contribution in [0.4, 0.5) is 0 Å². The highest BCUT2D eigenvalue weighted by atomic mass is 127. The smallest absolute Gasteiger partial charge is 0.220 e. The number of guanidine groups is 1. The lowest BCUT2D eigenvalue weighted by molar-refractivity contribution is -0.123. The maximum atomic E-state index is 11.2. The molecule has 0 aromatic heterocycles. The Hall–Kier alpha value is -0.610. The van der Waals surface area contributed by atoms with Gasteiger partial charge in [0.05, 0.1) is 0 Å². The second kappa shape index (κ2) is 14.4. The highest BCUT2D eigenvalue weighted by molar-refractivity contribution is 14.0. The van der Waals surface area contributed by atoms with E-state index in [0.29, 0.717) is 6.04 Å². The van der Waals surface area contributed by atoms with E-state index in [4.69, 9.17) is 5.73 Å². The Morgan fingerprint density at radius 2 is 1.64 bits per heavy atom. The summed E-state index contributed by atoms with van der Waals surface area (Å²) in [6, 6.07) is 0.538. The van der Waals surface area contributed by atoms with Gasteiger partial charge in [-0.25, -0.2) is 0 Å². The van der Waals surface area contributed by atoms with E-state index < -0.39 is 0 Å². The van der Waals surface area contributed by atoms with Crippen molar-refractivity contribution in [3.8, 4) is 0 Å². The Balaban J connectivity index is 0.00000392. The topological polar surface area (TPSA) is 86.0 Å². The largest absolute Gasteiger partial charge is 0.369 e. The molecule has 0 aromatic rings. The molecule has 0 aromatic carbocycles. The van der Waals surface area contributed by atoms with Crippen LogP contribution < -0.4 is 16.4 Å². The van der Waals surface area contributed by atoms with Gasteiger partial charge in [-0.2, -0.15) is 0 Å². The van der Waals surface area contributed by atoms with E-state index in [1.165, 1.54) is 45.3 Å². The number of unbranched alkanes of at least 4 members (excludes halogenated alkanes) is 1. The van der Waals surface area contributed by atoms with Crippen molar-refractivity contribution < 1.29 is 4.79 Å². The van der Waals surface area contributed by atoms with Gasteiger partial charge in [0.15, 0.2) is 5.96 Å². The summed E-state index contributed by atoms with van der Waals surface area (Å²) in [6.45, 7) is 9.91. The SMILES string of the molecule is CCCN1CCC(NC(=NC)NCCCCN2CCC(C(N)=O)CC2)CC1.I. The van der Waals surface area contributed by atoms with Gasteiger partial charge in [0.2, 0.25) is 5.91 Å². The number of hydrogen-bond acceptors (Lipinski definition) is 4. The lowest BCUT2D eigenvalue weighted by Gasteiger charge is -2.32. The fourth-order valence-electron chi connectivity index (χ4n) is 4.11. The summed E-state index contributed by atoms with van der Waals surface area (Å²) < 4.78 is 0.